The van der Waals surface area contributed by atoms with E-state index in [9.17, 15) is 29.4 Å². The van der Waals surface area contributed by atoms with Crippen LogP contribution in [0.4, 0.5) is 0 Å². The summed E-state index contributed by atoms with van der Waals surface area (Å²) in [7, 11) is 0. The second kappa shape index (κ2) is 14.6. The Morgan fingerprint density at radius 3 is 1.80 bits per heavy atom. The fourth-order valence-electron chi connectivity index (χ4n) is 4.04. The summed E-state index contributed by atoms with van der Waals surface area (Å²) in [5, 5.41) is 27.2. The number of aromatic nitrogens is 4. The van der Waals surface area contributed by atoms with Crippen LogP contribution in [0.5, 0.6) is 5.75 Å². The number of aromatic amines is 2. The first-order valence-electron chi connectivity index (χ1n) is 13.2. The number of imidazole rings is 2. The smallest absolute Gasteiger partial charge is 0.326 e. The van der Waals surface area contributed by atoms with Gasteiger partial charge in [0.2, 0.25) is 17.7 Å². The monoisotopic (exact) mass is 568 g/mol. The van der Waals surface area contributed by atoms with E-state index < -0.39 is 47.9 Å². The van der Waals surface area contributed by atoms with Gasteiger partial charge in [0.05, 0.1) is 18.7 Å². The molecular formula is C27H36N8O6. The SMILES string of the molecule is CCC(C)C(N)C(=O)NC(Cc1ccc(O)cc1)C(=O)NC(Cc1cnc[nH]1)C(=O)NC(Cc1cnc[nH]1)C(=O)O. The van der Waals surface area contributed by atoms with E-state index in [1.807, 2.05) is 13.8 Å². The minimum absolute atomic E-state index is 0.0276. The Bertz CT molecular complexity index is 1280. The maximum absolute atomic E-state index is 13.6. The van der Waals surface area contributed by atoms with Crippen molar-refractivity contribution < 1.29 is 29.4 Å². The van der Waals surface area contributed by atoms with Crippen LogP contribution < -0.4 is 21.7 Å². The molecule has 0 spiro atoms. The number of carbonyl (C=O) groups excluding carboxylic acids is 3. The summed E-state index contributed by atoms with van der Waals surface area (Å²) in [6.07, 6.45) is 6.35. The number of hydrogen-bond donors (Lipinski definition) is 8. The van der Waals surface area contributed by atoms with Crippen molar-refractivity contribution in [2.24, 2.45) is 11.7 Å². The Morgan fingerprint density at radius 1 is 0.829 bits per heavy atom. The van der Waals surface area contributed by atoms with Crippen LogP contribution in [0, 0.1) is 5.92 Å². The molecule has 3 rings (SSSR count). The van der Waals surface area contributed by atoms with Crippen LogP contribution in [0.2, 0.25) is 0 Å². The average Bonchev–Trinajstić information content (AvgIpc) is 3.66. The van der Waals surface area contributed by atoms with Gasteiger partial charge in [-0.25, -0.2) is 14.8 Å². The Hall–Kier alpha value is -4.72. The first-order chi connectivity index (χ1) is 19.6. The Labute approximate surface area is 236 Å². The largest absolute Gasteiger partial charge is 0.508 e. The zero-order chi connectivity index (χ0) is 29.9. The number of rotatable bonds is 15. The molecule has 0 fully saturated rings. The van der Waals surface area contributed by atoms with Gasteiger partial charge >= 0.3 is 5.97 Å². The molecule has 3 aromatic rings. The molecule has 3 amide bonds. The van der Waals surface area contributed by atoms with Gasteiger partial charge in [-0.05, 0) is 23.6 Å². The number of amides is 3. The highest BCUT2D eigenvalue weighted by Gasteiger charge is 2.32. The summed E-state index contributed by atoms with van der Waals surface area (Å²) >= 11 is 0. The standard InChI is InChI=1S/C27H36N8O6/c1-3-15(2)23(28)26(39)34-20(8-16-4-6-19(36)7-5-16)24(37)33-21(9-17-11-29-13-31-17)25(38)35-22(27(40)41)10-18-12-30-14-32-18/h4-7,11-15,20-23,36H,3,8-10,28H2,1-2H3,(H,29,31)(H,30,32)(H,33,37)(H,34,39)(H,35,38)(H,40,41). The molecule has 2 aromatic heterocycles. The van der Waals surface area contributed by atoms with Crippen LogP contribution in [0.1, 0.15) is 37.2 Å². The second-order valence-electron chi connectivity index (χ2n) is 9.87. The van der Waals surface area contributed by atoms with Crippen LogP contribution in [0.3, 0.4) is 0 Å². The van der Waals surface area contributed by atoms with E-state index in [4.69, 9.17) is 5.73 Å². The van der Waals surface area contributed by atoms with E-state index in [1.165, 1.54) is 37.2 Å². The fourth-order valence-corrected chi connectivity index (χ4v) is 4.04. The molecule has 5 atom stereocenters. The lowest BCUT2D eigenvalue weighted by Crippen LogP contribution is -2.58. The molecule has 1 aromatic carbocycles. The zero-order valence-corrected chi connectivity index (χ0v) is 22.8. The third kappa shape index (κ3) is 9.17. The summed E-state index contributed by atoms with van der Waals surface area (Å²) < 4.78 is 0. The minimum atomic E-state index is -1.30. The molecule has 0 saturated carbocycles. The molecule has 0 bridgehead atoms. The van der Waals surface area contributed by atoms with Gasteiger partial charge in [-0.2, -0.15) is 0 Å². The lowest BCUT2D eigenvalue weighted by Gasteiger charge is -2.26. The first-order valence-corrected chi connectivity index (χ1v) is 13.2. The quantitative estimate of drug-likeness (QED) is 0.121. The predicted molar refractivity (Wildman–Crippen MR) is 147 cm³/mol. The Balaban J connectivity index is 1.82. The normalized spacial score (nSPS) is 14.7. The minimum Gasteiger partial charge on any atom is -0.508 e. The number of phenols is 1. The number of aromatic hydroxyl groups is 1. The second-order valence-corrected chi connectivity index (χ2v) is 9.87. The van der Waals surface area contributed by atoms with Gasteiger partial charge in [-0.15, -0.1) is 0 Å². The van der Waals surface area contributed by atoms with Crippen molar-refractivity contribution in [2.45, 2.75) is 63.7 Å². The molecule has 0 saturated heterocycles. The van der Waals surface area contributed by atoms with Crippen molar-refractivity contribution >= 4 is 23.7 Å². The van der Waals surface area contributed by atoms with Crippen LogP contribution >= 0.6 is 0 Å². The molecule has 0 aliphatic rings. The molecule has 2 heterocycles. The van der Waals surface area contributed by atoms with Crippen molar-refractivity contribution in [1.82, 2.24) is 35.9 Å². The van der Waals surface area contributed by atoms with Crippen molar-refractivity contribution in [3.05, 3.63) is 66.3 Å². The maximum Gasteiger partial charge on any atom is 0.326 e. The summed E-state index contributed by atoms with van der Waals surface area (Å²) in [6, 6.07) is 1.63. The van der Waals surface area contributed by atoms with Crippen molar-refractivity contribution in [3.8, 4) is 5.75 Å². The van der Waals surface area contributed by atoms with E-state index in [2.05, 4.69) is 35.9 Å². The fraction of sp³-hybridized carbons (Fsp3) is 0.407. The molecule has 14 nitrogen and oxygen atoms in total. The van der Waals surface area contributed by atoms with Crippen LogP contribution in [-0.2, 0) is 38.4 Å². The number of H-pyrrole nitrogens is 2. The van der Waals surface area contributed by atoms with Crippen LogP contribution in [0.15, 0.2) is 49.3 Å². The molecule has 0 aliphatic carbocycles. The van der Waals surface area contributed by atoms with Gasteiger partial charge < -0.3 is 41.9 Å². The molecular weight excluding hydrogens is 532 g/mol. The number of nitrogens with zero attached hydrogens (tertiary/aromatic N) is 2. The summed E-state index contributed by atoms with van der Waals surface area (Å²) in [5.74, 6) is -3.32. The number of benzene rings is 1. The highest BCUT2D eigenvalue weighted by atomic mass is 16.4. The van der Waals surface area contributed by atoms with Gasteiger partial charge in [0, 0.05) is 43.0 Å². The molecule has 0 aliphatic heterocycles. The van der Waals surface area contributed by atoms with Gasteiger partial charge in [0.25, 0.3) is 0 Å². The summed E-state index contributed by atoms with van der Waals surface area (Å²) in [4.78, 5) is 65.2. The van der Waals surface area contributed by atoms with Crippen LogP contribution in [-0.4, -0.2) is 78.0 Å². The highest BCUT2D eigenvalue weighted by Crippen LogP contribution is 2.13. The summed E-state index contributed by atoms with van der Waals surface area (Å²) in [6.45, 7) is 3.72. The van der Waals surface area contributed by atoms with Crippen molar-refractivity contribution in [1.29, 1.82) is 0 Å². The number of nitrogens with two attached hydrogens (primary N) is 1. The zero-order valence-electron chi connectivity index (χ0n) is 22.8. The molecule has 41 heavy (non-hydrogen) atoms. The highest BCUT2D eigenvalue weighted by molar-refractivity contribution is 5.94. The lowest BCUT2D eigenvalue weighted by atomic mass is 9.98. The van der Waals surface area contributed by atoms with Crippen molar-refractivity contribution in [2.75, 3.05) is 0 Å². The number of aliphatic carboxylic acids is 1. The average molecular weight is 569 g/mol. The van der Waals surface area contributed by atoms with E-state index in [-0.39, 0.29) is 30.9 Å². The number of nitrogens with one attached hydrogen (secondary N) is 5. The third-order valence-electron chi connectivity index (χ3n) is 6.77. The Morgan fingerprint density at radius 2 is 1.32 bits per heavy atom. The number of carboxylic acids is 1. The van der Waals surface area contributed by atoms with Gasteiger partial charge in [0.1, 0.15) is 23.9 Å². The van der Waals surface area contributed by atoms with Gasteiger partial charge in [0.15, 0.2) is 0 Å². The lowest BCUT2D eigenvalue weighted by molar-refractivity contribution is -0.142. The van der Waals surface area contributed by atoms with E-state index in [0.29, 0.717) is 23.4 Å². The Kier molecular flexibility index (Phi) is 11.0. The first kappa shape index (κ1) is 30.8. The topological polar surface area (TPSA) is 228 Å². The number of carbonyl (C=O) groups is 4. The number of phenolic OH excluding ortho intramolecular Hbond substituents is 1. The molecule has 14 heteroatoms. The molecule has 0 radical (unpaired) electrons. The van der Waals surface area contributed by atoms with Gasteiger partial charge in [-0.1, -0.05) is 32.4 Å². The van der Waals surface area contributed by atoms with Gasteiger partial charge in [-0.3, -0.25) is 14.4 Å². The summed E-state index contributed by atoms with van der Waals surface area (Å²) in [5.41, 5.74) is 7.75. The van der Waals surface area contributed by atoms with Crippen molar-refractivity contribution in [3.63, 3.8) is 0 Å². The third-order valence-corrected chi connectivity index (χ3v) is 6.77. The maximum atomic E-state index is 13.6. The molecule has 9 N–H and O–H groups in total. The van der Waals surface area contributed by atoms with E-state index in [0.717, 1.165) is 0 Å². The number of hydrogen-bond acceptors (Lipinski definition) is 8. The molecule has 220 valence electrons. The van der Waals surface area contributed by atoms with E-state index in [1.54, 1.807) is 12.1 Å². The predicted octanol–water partition coefficient (Wildman–Crippen LogP) is -0.221. The number of carboxylic acid groups (broad SMARTS) is 1. The molecule has 5 unspecified atom stereocenters. The van der Waals surface area contributed by atoms with E-state index >= 15 is 0 Å². The van der Waals surface area contributed by atoms with Crippen LogP contribution in [0.25, 0.3) is 0 Å².